The van der Waals surface area contributed by atoms with Crippen LogP contribution in [0.2, 0.25) is 0 Å². The molecule has 1 atom stereocenters. The SMILES string of the molecule is CCc1ccccc1NC(=O)CCS(=O)(=O)c1ccc2c(c1)NC(=O)CC(C)S2. The maximum absolute atomic E-state index is 12.7. The second-order valence-electron chi connectivity index (χ2n) is 6.97. The van der Waals surface area contributed by atoms with Gasteiger partial charge in [-0.1, -0.05) is 32.0 Å². The number of aryl methyl sites for hydroxylation is 1. The molecule has 0 radical (unpaired) electrons. The van der Waals surface area contributed by atoms with E-state index in [4.69, 9.17) is 0 Å². The Morgan fingerprint density at radius 1 is 1.24 bits per heavy atom. The molecule has 1 aliphatic rings. The minimum Gasteiger partial charge on any atom is -0.326 e. The molecular formula is C21H24N2O4S2. The molecule has 2 amide bonds. The third-order valence-corrected chi connectivity index (χ3v) is 7.55. The highest BCUT2D eigenvalue weighted by Gasteiger charge is 2.23. The van der Waals surface area contributed by atoms with Crippen molar-refractivity contribution in [1.82, 2.24) is 0 Å². The van der Waals surface area contributed by atoms with E-state index in [0.717, 1.165) is 16.9 Å². The average Bonchev–Trinajstić information content (AvgIpc) is 2.82. The minimum atomic E-state index is -3.66. The number of hydrogen-bond acceptors (Lipinski definition) is 5. The van der Waals surface area contributed by atoms with Crippen molar-refractivity contribution in [3.8, 4) is 0 Å². The molecule has 1 heterocycles. The Kier molecular flexibility index (Phi) is 6.64. The lowest BCUT2D eigenvalue weighted by Crippen LogP contribution is -2.18. The molecule has 0 aromatic heterocycles. The van der Waals surface area contributed by atoms with Crippen LogP contribution in [0.25, 0.3) is 0 Å². The van der Waals surface area contributed by atoms with E-state index in [1.807, 2.05) is 32.0 Å². The monoisotopic (exact) mass is 432 g/mol. The summed E-state index contributed by atoms with van der Waals surface area (Å²) in [4.78, 5) is 25.2. The van der Waals surface area contributed by atoms with Crippen LogP contribution < -0.4 is 10.6 Å². The van der Waals surface area contributed by atoms with Crippen molar-refractivity contribution in [3.63, 3.8) is 0 Å². The van der Waals surface area contributed by atoms with Gasteiger partial charge in [-0.3, -0.25) is 9.59 Å². The predicted octanol–water partition coefficient (Wildman–Crippen LogP) is 3.87. The molecule has 0 saturated carbocycles. The van der Waals surface area contributed by atoms with Crippen LogP contribution >= 0.6 is 11.8 Å². The second-order valence-corrected chi connectivity index (χ2v) is 10.6. The lowest BCUT2D eigenvalue weighted by molar-refractivity contribution is -0.116. The minimum absolute atomic E-state index is 0.105. The smallest absolute Gasteiger partial charge is 0.225 e. The largest absolute Gasteiger partial charge is 0.326 e. The van der Waals surface area contributed by atoms with Crippen LogP contribution in [0.15, 0.2) is 52.3 Å². The highest BCUT2D eigenvalue weighted by Crippen LogP contribution is 2.36. The van der Waals surface area contributed by atoms with Crippen molar-refractivity contribution in [2.24, 2.45) is 0 Å². The average molecular weight is 433 g/mol. The van der Waals surface area contributed by atoms with Crippen LogP contribution in [0, 0.1) is 0 Å². The number of anilines is 2. The number of carbonyl (C=O) groups excluding carboxylic acids is 2. The Hall–Kier alpha value is -2.32. The molecule has 0 spiro atoms. The van der Waals surface area contributed by atoms with Gasteiger partial charge in [0.15, 0.2) is 9.84 Å². The molecule has 0 aliphatic carbocycles. The maximum Gasteiger partial charge on any atom is 0.225 e. The zero-order valence-electron chi connectivity index (χ0n) is 16.4. The van der Waals surface area contributed by atoms with E-state index in [9.17, 15) is 18.0 Å². The van der Waals surface area contributed by atoms with Gasteiger partial charge < -0.3 is 10.6 Å². The fraction of sp³-hybridized carbons (Fsp3) is 0.333. The zero-order chi connectivity index (χ0) is 21.0. The highest BCUT2D eigenvalue weighted by molar-refractivity contribution is 8.00. The Morgan fingerprint density at radius 3 is 2.76 bits per heavy atom. The van der Waals surface area contributed by atoms with Crippen molar-refractivity contribution in [2.75, 3.05) is 16.4 Å². The number of hydrogen-bond donors (Lipinski definition) is 2. The van der Waals surface area contributed by atoms with Gasteiger partial charge in [-0.05, 0) is 36.2 Å². The number of para-hydroxylation sites is 1. The summed E-state index contributed by atoms with van der Waals surface area (Å²) in [5.41, 5.74) is 2.21. The van der Waals surface area contributed by atoms with E-state index in [1.54, 1.807) is 12.1 Å². The first-order chi connectivity index (χ1) is 13.8. The summed E-state index contributed by atoms with van der Waals surface area (Å²) in [6.45, 7) is 3.95. The molecule has 2 N–H and O–H groups in total. The Labute approximate surface area is 175 Å². The fourth-order valence-corrected chi connectivity index (χ4v) is 5.45. The standard InChI is InChI=1S/C21H24N2O4S2/c1-3-15-6-4-5-7-17(15)22-20(24)10-11-29(26,27)16-8-9-19-18(13-16)23-21(25)12-14(2)28-19/h4-9,13-14H,3,10-12H2,1-2H3,(H,22,24)(H,23,25). The lowest BCUT2D eigenvalue weighted by atomic mass is 10.1. The van der Waals surface area contributed by atoms with Crippen molar-refractivity contribution in [2.45, 2.75) is 48.2 Å². The number of amides is 2. The first-order valence-corrected chi connectivity index (χ1v) is 12.0. The molecule has 6 nitrogen and oxygen atoms in total. The van der Waals surface area contributed by atoms with Gasteiger partial charge in [0.1, 0.15) is 0 Å². The molecule has 0 saturated heterocycles. The van der Waals surface area contributed by atoms with E-state index >= 15 is 0 Å². The van der Waals surface area contributed by atoms with Crippen LogP contribution in [0.3, 0.4) is 0 Å². The van der Waals surface area contributed by atoms with Crippen molar-refractivity contribution in [1.29, 1.82) is 0 Å². The number of rotatable bonds is 6. The molecule has 3 rings (SSSR count). The molecule has 1 aliphatic heterocycles. The van der Waals surface area contributed by atoms with Gasteiger partial charge >= 0.3 is 0 Å². The molecule has 0 bridgehead atoms. The van der Waals surface area contributed by atoms with Gasteiger partial charge in [-0.2, -0.15) is 0 Å². The third-order valence-electron chi connectivity index (χ3n) is 4.66. The van der Waals surface area contributed by atoms with E-state index in [1.165, 1.54) is 23.9 Å². The maximum atomic E-state index is 12.7. The van der Waals surface area contributed by atoms with E-state index < -0.39 is 9.84 Å². The zero-order valence-corrected chi connectivity index (χ0v) is 18.0. The molecule has 2 aromatic rings. The van der Waals surface area contributed by atoms with Gasteiger partial charge in [-0.25, -0.2) is 8.42 Å². The summed E-state index contributed by atoms with van der Waals surface area (Å²) in [5, 5.41) is 5.68. The number of nitrogens with one attached hydrogen (secondary N) is 2. The van der Waals surface area contributed by atoms with Gasteiger partial charge in [0.05, 0.1) is 16.3 Å². The Bertz CT molecular complexity index is 1030. The summed E-state index contributed by atoms with van der Waals surface area (Å²) in [6, 6.07) is 12.2. The van der Waals surface area contributed by atoms with Crippen LogP contribution in [-0.4, -0.2) is 31.2 Å². The molecule has 8 heteroatoms. The number of fused-ring (bicyclic) bond motifs is 1. The van der Waals surface area contributed by atoms with Crippen LogP contribution in [0.4, 0.5) is 11.4 Å². The van der Waals surface area contributed by atoms with E-state index in [2.05, 4.69) is 10.6 Å². The quantitative estimate of drug-likeness (QED) is 0.723. The summed E-state index contributed by atoms with van der Waals surface area (Å²) >= 11 is 1.54. The van der Waals surface area contributed by atoms with Crippen LogP contribution in [0.5, 0.6) is 0 Å². The molecule has 2 aromatic carbocycles. The number of sulfone groups is 1. The van der Waals surface area contributed by atoms with Crippen molar-refractivity contribution in [3.05, 3.63) is 48.0 Å². The first-order valence-electron chi connectivity index (χ1n) is 9.49. The summed E-state index contributed by atoms with van der Waals surface area (Å²) in [7, 11) is -3.66. The molecule has 0 fully saturated rings. The van der Waals surface area contributed by atoms with Gasteiger partial charge in [0.2, 0.25) is 11.8 Å². The third kappa shape index (κ3) is 5.39. The number of thioether (sulfide) groups is 1. The summed E-state index contributed by atoms with van der Waals surface area (Å²) in [5.74, 6) is -0.780. The number of carbonyl (C=O) groups is 2. The second kappa shape index (κ2) is 9.00. The van der Waals surface area contributed by atoms with Crippen LogP contribution in [-0.2, 0) is 25.8 Å². The van der Waals surface area contributed by atoms with Crippen LogP contribution in [0.1, 0.15) is 32.3 Å². The topological polar surface area (TPSA) is 92.3 Å². The molecule has 29 heavy (non-hydrogen) atoms. The van der Waals surface area contributed by atoms with E-state index in [-0.39, 0.29) is 34.1 Å². The van der Waals surface area contributed by atoms with Gasteiger partial charge in [0, 0.05) is 28.7 Å². The van der Waals surface area contributed by atoms with Crippen molar-refractivity contribution >= 4 is 44.8 Å². The van der Waals surface area contributed by atoms with Crippen molar-refractivity contribution < 1.29 is 18.0 Å². The number of benzene rings is 2. The summed E-state index contributed by atoms with van der Waals surface area (Å²) < 4.78 is 25.5. The molecule has 154 valence electrons. The molecular weight excluding hydrogens is 408 g/mol. The summed E-state index contributed by atoms with van der Waals surface area (Å²) in [6.07, 6.45) is 1.00. The highest BCUT2D eigenvalue weighted by atomic mass is 32.2. The first kappa shape index (κ1) is 21.4. The van der Waals surface area contributed by atoms with Gasteiger partial charge in [-0.15, -0.1) is 11.8 Å². The van der Waals surface area contributed by atoms with Gasteiger partial charge in [0.25, 0.3) is 0 Å². The van der Waals surface area contributed by atoms with E-state index in [0.29, 0.717) is 17.8 Å². The fourth-order valence-electron chi connectivity index (χ4n) is 3.13. The predicted molar refractivity (Wildman–Crippen MR) is 116 cm³/mol. The Balaban J connectivity index is 1.70. The normalized spacial score (nSPS) is 16.5. The Morgan fingerprint density at radius 2 is 2.00 bits per heavy atom. The molecule has 1 unspecified atom stereocenters. The lowest BCUT2D eigenvalue weighted by Gasteiger charge is -2.11.